The van der Waals surface area contributed by atoms with Crippen molar-refractivity contribution in [3.8, 4) is 11.5 Å². The van der Waals surface area contributed by atoms with Gasteiger partial charge in [-0.2, -0.15) is 4.98 Å². The van der Waals surface area contributed by atoms with E-state index in [0.29, 0.717) is 48.4 Å². The van der Waals surface area contributed by atoms with Crippen LogP contribution in [0.2, 0.25) is 5.02 Å². The molecule has 4 rings (SSSR count). The zero-order chi connectivity index (χ0) is 21.8. The Morgan fingerprint density at radius 3 is 2.39 bits per heavy atom. The minimum Gasteiger partial charge on any atom is -0.495 e. The summed E-state index contributed by atoms with van der Waals surface area (Å²) in [4.78, 5) is 28.2. The molecule has 2 amide bonds. The minimum absolute atomic E-state index is 0.195. The first-order valence-electron chi connectivity index (χ1n) is 10.4. The molecule has 1 N–H and O–H groups in total. The Kier molecular flexibility index (Phi) is 6.50. The summed E-state index contributed by atoms with van der Waals surface area (Å²) in [5.41, 5.74) is 0.506. The lowest BCUT2D eigenvalue weighted by atomic mass is 10.2. The van der Waals surface area contributed by atoms with Gasteiger partial charge in [-0.1, -0.05) is 11.6 Å². The van der Waals surface area contributed by atoms with E-state index in [9.17, 15) is 4.79 Å². The van der Waals surface area contributed by atoms with Gasteiger partial charge in [0.05, 0.1) is 24.9 Å². The predicted octanol–water partition coefficient (Wildman–Crippen LogP) is 3.10. The summed E-state index contributed by atoms with van der Waals surface area (Å²) in [6.07, 6.45) is 4.19. The molecule has 0 atom stereocenters. The maximum absolute atomic E-state index is 12.8. The smallest absolute Gasteiger partial charge is 0.322 e. The number of ether oxygens (including phenoxy) is 2. The zero-order valence-electron chi connectivity index (χ0n) is 17.8. The molecule has 1 aromatic carbocycles. The largest absolute Gasteiger partial charge is 0.495 e. The van der Waals surface area contributed by atoms with Gasteiger partial charge in [-0.15, -0.1) is 0 Å². The number of nitrogens with one attached hydrogen (secondary N) is 1. The summed E-state index contributed by atoms with van der Waals surface area (Å²) in [6.45, 7) is 4.59. The third kappa shape index (κ3) is 4.71. The summed E-state index contributed by atoms with van der Waals surface area (Å²) < 4.78 is 10.6. The lowest BCUT2D eigenvalue weighted by Crippen LogP contribution is -2.50. The zero-order valence-corrected chi connectivity index (χ0v) is 18.6. The van der Waals surface area contributed by atoms with Crippen molar-refractivity contribution in [1.82, 2.24) is 14.9 Å². The van der Waals surface area contributed by atoms with Gasteiger partial charge in [0.15, 0.2) is 0 Å². The summed E-state index contributed by atoms with van der Waals surface area (Å²) in [6, 6.07) is 5.02. The summed E-state index contributed by atoms with van der Waals surface area (Å²) >= 11 is 6.21. The first-order chi connectivity index (χ1) is 15.1. The summed E-state index contributed by atoms with van der Waals surface area (Å²) in [5.74, 6) is 2.67. The molecule has 0 radical (unpaired) electrons. The molecule has 2 saturated heterocycles. The fourth-order valence-electron chi connectivity index (χ4n) is 3.88. The molecule has 0 spiro atoms. The molecule has 0 saturated carbocycles. The van der Waals surface area contributed by atoms with E-state index in [1.165, 1.54) is 27.1 Å². The number of hydrogen-bond acceptors (Lipinski definition) is 7. The van der Waals surface area contributed by atoms with Gasteiger partial charge < -0.3 is 29.5 Å². The van der Waals surface area contributed by atoms with E-state index in [2.05, 4.69) is 20.1 Å². The standard InChI is InChI=1S/C21H27ClN6O3/c1-30-17-14-18(31-2)16(13-15(17)22)24-21(29)28-11-9-26(10-12-28)19-5-6-23-20(25-19)27-7-3-4-8-27/h5-6,13-14H,3-4,7-12H2,1-2H3,(H,24,29). The van der Waals surface area contributed by atoms with E-state index in [4.69, 9.17) is 26.1 Å². The van der Waals surface area contributed by atoms with Crippen LogP contribution in [0.25, 0.3) is 0 Å². The number of methoxy groups -OCH3 is 2. The summed E-state index contributed by atoms with van der Waals surface area (Å²) in [5, 5.41) is 3.30. The first-order valence-corrected chi connectivity index (χ1v) is 10.8. The number of amides is 2. The number of carbonyl (C=O) groups excluding carboxylic acids is 1. The number of carbonyl (C=O) groups is 1. The van der Waals surface area contributed by atoms with Crippen LogP contribution in [-0.4, -0.2) is 74.4 Å². The molecule has 0 unspecified atom stereocenters. The molecule has 0 aliphatic carbocycles. The molecule has 3 heterocycles. The molecular formula is C21H27ClN6O3. The SMILES string of the molecule is COc1cc(OC)c(NC(=O)N2CCN(c3ccnc(N4CCCC4)n3)CC2)cc1Cl. The lowest BCUT2D eigenvalue weighted by Gasteiger charge is -2.35. The maximum atomic E-state index is 12.8. The molecule has 10 heteroatoms. The van der Waals surface area contributed by atoms with Crippen LogP contribution in [0.3, 0.4) is 0 Å². The van der Waals surface area contributed by atoms with Gasteiger partial charge in [-0.05, 0) is 25.0 Å². The van der Waals surface area contributed by atoms with Crippen LogP contribution in [0.1, 0.15) is 12.8 Å². The van der Waals surface area contributed by atoms with Crippen LogP contribution < -0.4 is 24.6 Å². The third-order valence-electron chi connectivity index (χ3n) is 5.62. The Balaban J connectivity index is 1.37. The topological polar surface area (TPSA) is 83.1 Å². The van der Waals surface area contributed by atoms with Crippen LogP contribution >= 0.6 is 11.6 Å². The predicted molar refractivity (Wildman–Crippen MR) is 121 cm³/mol. The molecule has 2 aromatic rings. The molecule has 9 nitrogen and oxygen atoms in total. The van der Waals surface area contributed by atoms with E-state index >= 15 is 0 Å². The number of rotatable bonds is 5. The molecule has 2 aliphatic heterocycles. The van der Waals surface area contributed by atoms with Gasteiger partial charge in [0, 0.05) is 51.5 Å². The van der Waals surface area contributed by atoms with Gasteiger partial charge in [0.1, 0.15) is 17.3 Å². The van der Waals surface area contributed by atoms with Crippen LogP contribution in [0.4, 0.5) is 22.2 Å². The van der Waals surface area contributed by atoms with E-state index in [-0.39, 0.29) is 6.03 Å². The highest BCUT2D eigenvalue weighted by Gasteiger charge is 2.24. The van der Waals surface area contributed by atoms with Gasteiger partial charge in [-0.25, -0.2) is 9.78 Å². The Labute approximate surface area is 186 Å². The van der Waals surface area contributed by atoms with Gasteiger partial charge in [0.25, 0.3) is 0 Å². The van der Waals surface area contributed by atoms with Crippen molar-refractivity contribution in [1.29, 1.82) is 0 Å². The molecule has 2 aliphatic rings. The van der Waals surface area contributed by atoms with E-state index in [1.54, 1.807) is 17.0 Å². The highest BCUT2D eigenvalue weighted by molar-refractivity contribution is 6.32. The van der Waals surface area contributed by atoms with E-state index in [1.807, 2.05) is 12.3 Å². The Bertz CT molecular complexity index is 929. The Morgan fingerprint density at radius 1 is 1.00 bits per heavy atom. The lowest BCUT2D eigenvalue weighted by molar-refractivity contribution is 0.208. The minimum atomic E-state index is -0.195. The quantitative estimate of drug-likeness (QED) is 0.755. The number of piperazine rings is 1. The fourth-order valence-corrected chi connectivity index (χ4v) is 4.12. The van der Waals surface area contributed by atoms with Gasteiger partial charge in [0.2, 0.25) is 5.95 Å². The fraction of sp³-hybridized carbons (Fsp3) is 0.476. The molecule has 166 valence electrons. The normalized spacial score (nSPS) is 16.4. The van der Waals surface area contributed by atoms with Crippen molar-refractivity contribution >= 4 is 35.1 Å². The molecule has 2 fully saturated rings. The maximum Gasteiger partial charge on any atom is 0.322 e. The second kappa shape index (κ2) is 9.47. The Hall–Kier alpha value is -2.94. The third-order valence-corrected chi connectivity index (χ3v) is 5.92. The van der Waals surface area contributed by atoms with Crippen molar-refractivity contribution < 1.29 is 14.3 Å². The Morgan fingerprint density at radius 2 is 1.71 bits per heavy atom. The number of aromatic nitrogens is 2. The average Bonchev–Trinajstić information content (AvgIpc) is 3.34. The first kappa shape index (κ1) is 21.3. The van der Waals surface area contributed by atoms with Crippen LogP contribution in [0.15, 0.2) is 24.4 Å². The molecule has 0 bridgehead atoms. The number of urea groups is 1. The van der Waals surface area contributed by atoms with Crippen LogP contribution in [0, 0.1) is 0 Å². The summed E-state index contributed by atoms with van der Waals surface area (Å²) in [7, 11) is 3.07. The average molecular weight is 447 g/mol. The van der Waals surface area contributed by atoms with Crippen molar-refractivity contribution in [2.75, 3.05) is 68.6 Å². The van der Waals surface area contributed by atoms with Gasteiger partial charge in [-0.3, -0.25) is 0 Å². The highest BCUT2D eigenvalue weighted by atomic mass is 35.5. The number of hydrogen-bond donors (Lipinski definition) is 1. The molecular weight excluding hydrogens is 420 g/mol. The van der Waals surface area contributed by atoms with Gasteiger partial charge >= 0.3 is 6.03 Å². The molecule has 1 aromatic heterocycles. The van der Waals surface area contributed by atoms with Crippen LogP contribution in [0.5, 0.6) is 11.5 Å². The highest BCUT2D eigenvalue weighted by Crippen LogP contribution is 2.36. The van der Waals surface area contributed by atoms with Crippen molar-refractivity contribution in [3.63, 3.8) is 0 Å². The number of anilines is 3. The second-order valence-electron chi connectivity index (χ2n) is 7.50. The monoisotopic (exact) mass is 446 g/mol. The van der Waals surface area contributed by atoms with E-state index < -0.39 is 0 Å². The van der Waals surface area contributed by atoms with Crippen molar-refractivity contribution in [3.05, 3.63) is 29.4 Å². The van der Waals surface area contributed by atoms with Crippen molar-refractivity contribution in [2.45, 2.75) is 12.8 Å². The number of benzene rings is 1. The number of nitrogens with zero attached hydrogens (tertiary/aromatic N) is 5. The van der Waals surface area contributed by atoms with E-state index in [0.717, 1.165) is 24.9 Å². The van der Waals surface area contributed by atoms with Crippen molar-refractivity contribution in [2.24, 2.45) is 0 Å². The number of halogens is 1. The second-order valence-corrected chi connectivity index (χ2v) is 7.91. The molecule has 31 heavy (non-hydrogen) atoms. The van der Waals surface area contributed by atoms with Crippen LogP contribution in [-0.2, 0) is 0 Å².